The number of hydrogen-bond acceptors (Lipinski definition) is 5. The van der Waals surface area contributed by atoms with Crippen molar-refractivity contribution in [3.05, 3.63) is 76.8 Å². The van der Waals surface area contributed by atoms with Gasteiger partial charge in [-0.3, -0.25) is 4.90 Å². The number of aryl methyl sites for hydroxylation is 2. The quantitative estimate of drug-likeness (QED) is 0.494. The highest BCUT2D eigenvalue weighted by molar-refractivity contribution is 6.32. The summed E-state index contributed by atoms with van der Waals surface area (Å²) in [6.07, 6.45) is 5.10. The molecule has 0 aliphatic carbocycles. The summed E-state index contributed by atoms with van der Waals surface area (Å²) in [6, 6.07) is 13.9. The van der Waals surface area contributed by atoms with Gasteiger partial charge < -0.3 is 19.1 Å². The zero-order valence-corrected chi connectivity index (χ0v) is 20.1. The van der Waals surface area contributed by atoms with E-state index in [1.165, 1.54) is 5.56 Å². The fourth-order valence-electron chi connectivity index (χ4n) is 4.10. The zero-order chi connectivity index (χ0) is 23.3. The van der Waals surface area contributed by atoms with Gasteiger partial charge >= 0.3 is 0 Å². The van der Waals surface area contributed by atoms with Gasteiger partial charge in [0.05, 0.1) is 11.6 Å². The largest absolute Gasteiger partial charge is 0.492 e. The molecular weight excluding hydrogens is 438 g/mol. The van der Waals surface area contributed by atoms with Crippen LogP contribution in [0.1, 0.15) is 29.8 Å². The Bertz CT molecular complexity index is 1060. The molecule has 33 heavy (non-hydrogen) atoms. The second-order valence-electron chi connectivity index (χ2n) is 8.89. The summed E-state index contributed by atoms with van der Waals surface area (Å²) in [7, 11) is 0. The minimum atomic E-state index is -0.833. The van der Waals surface area contributed by atoms with Gasteiger partial charge in [-0.15, -0.1) is 0 Å². The molecule has 2 aromatic carbocycles. The molecule has 1 saturated heterocycles. The van der Waals surface area contributed by atoms with E-state index in [9.17, 15) is 5.11 Å². The predicted octanol–water partition coefficient (Wildman–Crippen LogP) is 4.64. The minimum Gasteiger partial charge on any atom is -0.492 e. The third-order valence-electron chi connectivity index (χ3n) is 6.20. The maximum Gasteiger partial charge on any atom is 0.138 e. The first kappa shape index (κ1) is 23.6. The number of imidazole rings is 1. The Balaban J connectivity index is 1.24. The average Bonchev–Trinajstić information content (AvgIpc) is 3.21. The first-order valence-corrected chi connectivity index (χ1v) is 11.8. The molecule has 0 atom stereocenters. The van der Waals surface area contributed by atoms with E-state index in [1.54, 1.807) is 6.20 Å². The van der Waals surface area contributed by atoms with Gasteiger partial charge in [0.2, 0.25) is 0 Å². The summed E-state index contributed by atoms with van der Waals surface area (Å²) in [5, 5.41) is 11.6. The number of benzene rings is 2. The van der Waals surface area contributed by atoms with Crippen LogP contribution < -0.4 is 9.47 Å². The number of aromatic nitrogens is 2. The fraction of sp³-hybridized carbons (Fsp3) is 0.423. The summed E-state index contributed by atoms with van der Waals surface area (Å²) in [4.78, 5) is 6.60. The molecule has 1 N–H and O–H groups in total. The van der Waals surface area contributed by atoms with Crippen LogP contribution in [0.4, 0.5) is 0 Å². The van der Waals surface area contributed by atoms with Crippen LogP contribution >= 0.6 is 11.6 Å². The molecule has 0 unspecified atom stereocenters. The number of hydrogen-bond donors (Lipinski definition) is 1. The molecule has 1 aliphatic heterocycles. The molecule has 0 amide bonds. The van der Waals surface area contributed by atoms with Gasteiger partial charge in [0.1, 0.15) is 36.1 Å². The van der Waals surface area contributed by atoms with Gasteiger partial charge in [-0.05, 0) is 62.1 Å². The van der Waals surface area contributed by atoms with Crippen molar-refractivity contribution in [2.24, 2.45) is 0 Å². The lowest BCUT2D eigenvalue weighted by atomic mass is 9.92. The smallest absolute Gasteiger partial charge is 0.138 e. The lowest BCUT2D eigenvalue weighted by Crippen LogP contribution is -2.47. The number of rotatable bonds is 9. The van der Waals surface area contributed by atoms with Crippen LogP contribution in [0.15, 0.2) is 54.9 Å². The standard InChI is InChI=1S/C26H32ClN3O3/c1-20-6-7-24(27)25(16-20)33-19-26(31)8-11-29(12-9-26)18-22-4-3-5-23(17-22)32-15-14-30-13-10-28-21(30)2/h3-7,10,13,16-17,31H,8-9,11-12,14-15,18-19H2,1-2H3. The molecule has 0 radical (unpaired) electrons. The maximum atomic E-state index is 11.0. The van der Waals surface area contributed by atoms with E-state index >= 15 is 0 Å². The molecule has 1 aromatic heterocycles. The molecule has 3 aromatic rings. The van der Waals surface area contributed by atoms with E-state index < -0.39 is 5.60 Å². The lowest BCUT2D eigenvalue weighted by molar-refractivity contribution is -0.0537. The first-order valence-electron chi connectivity index (χ1n) is 11.4. The normalized spacial score (nSPS) is 16.0. The number of aliphatic hydroxyl groups is 1. The van der Waals surface area contributed by atoms with E-state index in [4.69, 9.17) is 21.1 Å². The van der Waals surface area contributed by atoms with Gasteiger partial charge in [-0.2, -0.15) is 0 Å². The van der Waals surface area contributed by atoms with Crippen LogP contribution in [0.3, 0.4) is 0 Å². The van der Waals surface area contributed by atoms with Crippen LogP contribution in [0.25, 0.3) is 0 Å². The Morgan fingerprint density at radius 1 is 1.09 bits per heavy atom. The molecule has 1 fully saturated rings. The molecule has 1 aliphatic rings. The van der Waals surface area contributed by atoms with E-state index in [0.717, 1.165) is 43.3 Å². The highest BCUT2D eigenvalue weighted by Gasteiger charge is 2.33. The van der Waals surface area contributed by atoms with Gasteiger partial charge in [0.15, 0.2) is 0 Å². The summed E-state index contributed by atoms with van der Waals surface area (Å²) >= 11 is 6.22. The van der Waals surface area contributed by atoms with E-state index in [1.807, 2.05) is 50.4 Å². The summed E-state index contributed by atoms with van der Waals surface area (Å²) in [5.74, 6) is 2.50. The second kappa shape index (κ2) is 10.6. The van der Waals surface area contributed by atoms with Gasteiger partial charge in [-0.1, -0.05) is 29.8 Å². The SMILES string of the molecule is Cc1ccc(Cl)c(OCC2(O)CCN(Cc3cccc(OCCn4ccnc4C)c3)CC2)c1. The highest BCUT2D eigenvalue weighted by atomic mass is 35.5. The second-order valence-corrected chi connectivity index (χ2v) is 9.29. The van der Waals surface area contributed by atoms with Gasteiger partial charge in [0, 0.05) is 32.0 Å². The Morgan fingerprint density at radius 3 is 2.67 bits per heavy atom. The van der Waals surface area contributed by atoms with Crippen LogP contribution in [0.2, 0.25) is 5.02 Å². The van der Waals surface area contributed by atoms with Crippen LogP contribution in [0.5, 0.6) is 11.5 Å². The average molecular weight is 470 g/mol. The minimum absolute atomic E-state index is 0.254. The van der Waals surface area contributed by atoms with Crippen LogP contribution in [-0.2, 0) is 13.1 Å². The molecule has 0 saturated carbocycles. The van der Waals surface area contributed by atoms with Crippen molar-refractivity contribution in [1.29, 1.82) is 0 Å². The third-order valence-corrected chi connectivity index (χ3v) is 6.51. The van der Waals surface area contributed by atoms with Crippen molar-refractivity contribution >= 4 is 11.6 Å². The van der Waals surface area contributed by atoms with E-state index in [0.29, 0.717) is 30.2 Å². The highest BCUT2D eigenvalue weighted by Crippen LogP contribution is 2.29. The Labute approximate surface area is 200 Å². The van der Waals surface area contributed by atoms with Gasteiger partial charge in [0.25, 0.3) is 0 Å². The zero-order valence-electron chi connectivity index (χ0n) is 19.3. The van der Waals surface area contributed by atoms with Crippen molar-refractivity contribution in [2.45, 2.75) is 45.4 Å². The molecule has 176 valence electrons. The molecule has 7 heteroatoms. The van der Waals surface area contributed by atoms with Crippen molar-refractivity contribution in [3.8, 4) is 11.5 Å². The van der Waals surface area contributed by atoms with Gasteiger partial charge in [-0.25, -0.2) is 4.98 Å². The Hall–Kier alpha value is -2.54. The van der Waals surface area contributed by atoms with Crippen LogP contribution in [0, 0.1) is 13.8 Å². The predicted molar refractivity (Wildman–Crippen MR) is 130 cm³/mol. The number of piperidine rings is 1. The number of nitrogens with zero attached hydrogens (tertiary/aromatic N) is 3. The Kier molecular flexibility index (Phi) is 7.58. The monoisotopic (exact) mass is 469 g/mol. The molecular formula is C26H32ClN3O3. The summed E-state index contributed by atoms with van der Waals surface area (Å²) < 4.78 is 13.9. The topological polar surface area (TPSA) is 59.8 Å². The number of likely N-dealkylation sites (tertiary alicyclic amines) is 1. The van der Waals surface area contributed by atoms with Crippen molar-refractivity contribution in [3.63, 3.8) is 0 Å². The van der Waals surface area contributed by atoms with E-state index in [-0.39, 0.29) is 6.61 Å². The van der Waals surface area contributed by atoms with Crippen LogP contribution in [-0.4, -0.2) is 51.5 Å². The molecule has 6 nitrogen and oxygen atoms in total. The summed E-state index contributed by atoms with van der Waals surface area (Å²) in [6.45, 7) is 8.07. The summed E-state index contributed by atoms with van der Waals surface area (Å²) in [5.41, 5.74) is 1.46. The number of halogens is 1. The molecule has 0 spiro atoms. The fourth-order valence-corrected chi connectivity index (χ4v) is 4.27. The first-order chi connectivity index (χ1) is 15.9. The lowest BCUT2D eigenvalue weighted by Gasteiger charge is -2.38. The van der Waals surface area contributed by atoms with Crippen molar-refractivity contribution < 1.29 is 14.6 Å². The van der Waals surface area contributed by atoms with E-state index in [2.05, 4.69) is 26.6 Å². The molecule has 2 heterocycles. The maximum absolute atomic E-state index is 11.0. The van der Waals surface area contributed by atoms with Crippen molar-refractivity contribution in [1.82, 2.24) is 14.5 Å². The van der Waals surface area contributed by atoms with Crippen molar-refractivity contribution in [2.75, 3.05) is 26.3 Å². The molecule has 0 bridgehead atoms. The third kappa shape index (κ3) is 6.50. The Morgan fingerprint density at radius 2 is 1.91 bits per heavy atom. The number of ether oxygens (including phenoxy) is 2. The molecule has 4 rings (SSSR count).